The minimum absolute atomic E-state index is 0.0171. The third-order valence-corrected chi connectivity index (χ3v) is 4.78. The predicted octanol–water partition coefficient (Wildman–Crippen LogP) is 5.52. The first-order valence-electron chi connectivity index (χ1n) is 9.48. The second-order valence-corrected chi connectivity index (χ2v) is 7.03. The van der Waals surface area contributed by atoms with Crippen molar-refractivity contribution in [2.45, 2.75) is 19.3 Å². The Bertz CT molecular complexity index is 1340. The molecular formula is C21H13F6N5O2. The number of rotatable bonds is 4. The highest BCUT2D eigenvalue weighted by Gasteiger charge is 2.39. The number of hydrogen-bond donors (Lipinski definition) is 1. The average molecular weight is 481 g/mol. The number of carbonyl (C=O) groups is 1. The van der Waals surface area contributed by atoms with E-state index >= 15 is 0 Å². The molecule has 176 valence electrons. The lowest BCUT2D eigenvalue weighted by molar-refractivity contribution is -0.143. The molecule has 0 saturated heterocycles. The minimum Gasteiger partial charge on any atom is -0.354 e. The van der Waals surface area contributed by atoms with E-state index in [1.165, 1.54) is 19.2 Å². The van der Waals surface area contributed by atoms with E-state index in [0.717, 1.165) is 10.9 Å². The maximum Gasteiger partial charge on any atom is 0.418 e. The van der Waals surface area contributed by atoms with Gasteiger partial charge < -0.3 is 9.84 Å². The lowest BCUT2D eigenvalue weighted by atomic mass is 10.1. The summed E-state index contributed by atoms with van der Waals surface area (Å²) in [6, 6.07) is 7.58. The molecule has 13 heteroatoms. The van der Waals surface area contributed by atoms with Gasteiger partial charge in [-0.2, -0.15) is 31.4 Å². The van der Waals surface area contributed by atoms with Crippen LogP contribution in [0.15, 0.2) is 59.4 Å². The first-order valence-corrected chi connectivity index (χ1v) is 9.48. The maximum absolute atomic E-state index is 13.5. The average Bonchev–Trinajstić information content (AvgIpc) is 3.40. The van der Waals surface area contributed by atoms with E-state index in [0.29, 0.717) is 17.8 Å². The second-order valence-electron chi connectivity index (χ2n) is 7.03. The molecule has 0 aliphatic rings. The van der Waals surface area contributed by atoms with E-state index in [9.17, 15) is 31.1 Å². The Morgan fingerprint density at radius 2 is 1.79 bits per heavy atom. The van der Waals surface area contributed by atoms with Crippen LogP contribution < -0.4 is 5.32 Å². The van der Waals surface area contributed by atoms with Crippen LogP contribution in [-0.2, 0) is 12.4 Å². The molecule has 0 radical (unpaired) electrons. The molecule has 0 fully saturated rings. The Morgan fingerprint density at radius 1 is 1.03 bits per heavy atom. The highest BCUT2D eigenvalue weighted by molar-refractivity contribution is 6.03. The van der Waals surface area contributed by atoms with Gasteiger partial charge in [0.2, 0.25) is 0 Å². The number of carbonyl (C=O) groups excluding carboxylic acids is 1. The van der Waals surface area contributed by atoms with E-state index < -0.39 is 35.1 Å². The fourth-order valence-corrected chi connectivity index (χ4v) is 3.10. The summed E-state index contributed by atoms with van der Waals surface area (Å²) >= 11 is 0. The van der Waals surface area contributed by atoms with Crippen molar-refractivity contribution in [3.63, 3.8) is 0 Å². The molecule has 3 aromatic heterocycles. The van der Waals surface area contributed by atoms with Crippen LogP contribution >= 0.6 is 0 Å². The summed E-state index contributed by atoms with van der Waals surface area (Å²) in [5, 5.41) is 9.92. The maximum atomic E-state index is 13.5. The summed E-state index contributed by atoms with van der Waals surface area (Å²) in [7, 11) is 0. The molecule has 1 N–H and O–H groups in total. The van der Waals surface area contributed by atoms with Crippen LogP contribution in [-0.4, -0.2) is 25.8 Å². The molecule has 34 heavy (non-hydrogen) atoms. The summed E-state index contributed by atoms with van der Waals surface area (Å²) in [4.78, 5) is 16.6. The van der Waals surface area contributed by atoms with E-state index in [-0.39, 0.29) is 28.9 Å². The summed E-state index contributed by atoms with van der Waals surface area (Å²) < 4.78 is 85.2. The number of nitrogens with one attached hydrogen (secondary N) is 1. The molecule has 3 heterocycles. The number of amides is 1. The minimum atomic E-state index is -5.08. The molecule has 4 rings (SSSR count). The van der Waals surface area contributed by atoms with E-state index in [1.807, 2.05) is 0 Å². The SMILES string of the molecule is Cc1c(NC(=O)c2cc(-c3ccccn3)on2)cnn1-c1ccc(C(F)(F)F)cc1C(F)(F)F. The van der Waals surface area contributed by atoms with Gasteiger partial charge in [-0.15, -0.1) is 0 Å². The molecule has 0 saturated carbocycles. The lowest BCUT2D eigenvalue weighted by Gasteiger charge is -2.17. The Labute approximate surface area is 187 Å². The van der Waals surface area contributed by atoms with Crippen LogP contribution in [0.1, 0.15) is 27.3 Å². The molecule has 4 aromatic rings. The fourth-order valence-electron chi connectivity index (χ4n) is 3.10. The van der Waals surface area contributed by atoms with Gasteiger partial charge in [-0.05, 0) is 37.3 Å². The Hall–Kier alpha value is -4.16. The third-order valence-electron chi connectivity index (χ3n) is 4.78. The number of halogens is 6. The normalized spacial score (nSPS) is 12.1. The van der Waals surface area contributed by atoms with Crippen molar-refractivity contribution in [2.75, 3.05) is 5.32 Å². The van der Waals surface area contributed by atoms with Crippen LogP contribution in [0.3, 0.4) is 0 Å². The molecule has 0 unspecified atom stereocenters. The number of anilines is 1. The van der Waals surface area contributed by atoms with Crippen molar-refractivity contribution in [1.29, 1.82) is 0 Å². The van der Waals surface area contributed by atoms with Gasteiger partial charge in [0.05, 0.1) is 34.4 Å². The summed E-state index contributed by atoms with van der Waals surface area (Å²) in [6.45, 7) is 1.35. The second kappa shape index (κ2) is 8.32. The van der Waals surface area contributed by atoms with Crippen LogP contribution in [0.25, 0.3) is 17.1 Å². The molecule has 0 spiro atoms. The molecular weight excluding hydrogens is 468 g/mol. The molecule has 0 aliphatic heterocycles. The van der Waals surface area contributed by atoms with Gasteiger partial charge in [-0.25, -0.2) is 4.68 Å². The summed E-state index contributed by atoms with van der Waals surface area (Å²) in [6.07, 6.45) is -7.44. The predicted molar refractivity (Wildman–Crippen MR) is 106 cm³/mol. The van der Waals surface area contributed by atoms with Crippen LogP contribution in [0.2, 0.25) is 0 Å². The molecule has 1 aromatic carbocycles. The van der Waals surface area contributed by atoms with Crippen molar-refractivity contribution in [2.24, 2.45) is 0 Å². The Kier molecular flexibility index (Phi) is 5.63. The van der Waals surface area contributed by atoms with Gasteiger partial charge in [-0.1, -0.05) is 11.2 Å². The molecule has 0 aliphatic carbocycles. The smallest absolute Gasteiger partial charge is 0.354 e. The van der Waals surface area contributed by atoms with Gasteiger partial charge in [0.15, 0.2) is 11.5 Å². The van der Waals surface area contributed by atoms with Crippen molar-refractivity contribution >= 4 is 11.6 Å². The van der Waals surface area contributed by atoms with Crippen molar-refractivity contribution in [3.8, 4) is 17.1 Å². The van der Waals surface area contributed by atoms with E-state index in [1.54, 1.807) is 18.2 Å². The first kappa shape index (κ1) is 23.0. The Balaban J connectivity index is 1.63. The highest BCUT2D eigenvalue weighted by atomic mass is 19.4. The topological polar surface area (TPSA) is 85.8 Å². The number of alkyl halides is 6. The molecule has 1 amide bonds. The fraction of sp³-hybridized carbons (Fsp3) is 0.143. The van der Waals surface area contributed by atoms with Crippen LogP contribution in [0.5, 0.6) is 0 Å². The van der Waals surface area contributed by atoms with Crippen molar-refractivity contribution < 1.29 is 35.7 Å². The number of aromatic nitrogens is 4. The van der Waals surface area contributed by atoms with Gasteiger partial charge in [0, 0.05) is 12.3 Å². The number of hydrogen-bond acceptors (Lipinski definition) is 5. The number of nitrogens with zero attached hydrogens (tertiary/aromatic N) is 4. The molecule has 0 bridgehead atoms. The van der Waals surface area contributed by atoms with E-state index in [4.69, 9.17) is 4.52 Å². The third kappa shape index (κ3) is 4.49. The first-order chi connectivity index (χ1) is 15.9. The standard InChI is InChI=1S/C21H13F6N5O2/c1-11-16(30-19(33)15-9-18(34-31-15)14-4-2-3-7-28-14)10-29-32(11)17-6-5-12(20(22,23)24)8-13(17)21(25,26)27/h2-10H,1H3,(H,30,33). The number of benzene rings is 1. The zero-order chi connectivity index (χ0) is 24.7. The zero-order valence-electron chi connectivity index (χ0n) is 17.1. The van der Waals surface area contributed by atoms with Crippen molar-refractivity contribution in [1.82, 2.24) is 19.9 Å². The quantitative estimate of drug-likeness (QED) is 0.388. The van der Waals surface area contributed by atoms with Crippen LogP contribution in [0, 0.1) is 6.92 Å². The van der Waals surface area contributed by atoms with Crippen molar-refractivity contribution in [3.05, 3.63) is 77.4 Å². The van der Waals surface area contributed by atoms with Gasteiger partial charge >= 0.3 is 12.4 Å². The summed E-state index contributed by atoms with van der Waals surface area (Å²) in [5.74, 6) is -0.519. The van der Waals surface area contributed by atoms with Gasteiger partial charge in [-0.3, -0.25) is 9.78 Å². The van der Waals surface area contributed by atoms with Crippen LogP contribution in [0.4, 0.5) is 32.0 Å². The summed E-state index contributed by atoms with van der Waals surface area (Å²) in [5.41, 5.74) is -3.22. The number of pyridine rings is 1. The zero-order valence-corrected chi connectivity index (χ0v) is 17.1. The van der Waals surface area contributed by atoms with Gasteiger partial charge in [0.25, 0.3) is 5.91 Å². The van der Waals surface area contributed by atoms with E-state index in [2.05, 4.69) is 20.6 Å². The van der Waals surface area contributed by atoms with Gasteiger partial charge in [0.1, 0.15) is 5.69 Å². The lowest BCUT2D eigenvalue weighted by Crippen LogP contribution is -2.16. The Morgan fingerprint density at radius 3 is 2.44 bits per heavy atom. The highest BCUT2D eigenvalue weighted by Crippen LogP contribution is 2.39. The largest absolute Gasteiger partial charge is 0.418 e. The monoisotopic (exact) mass is 481 g/mol. The molecule has 7 nitrogen and oxygen atoms in total. The molecule has 0 atom stereocenters.